The second kappa shape index (κ2) is 8.56. The van der Waals surface area contributed by atoms with Crippen LogP contribution in [0.3, 0.4) is 0 Å². The van der Waals surface area contributed by atoms with E-state index in [0.717, 1.165) is 13.8 Å². The molecular formula is C16H17ClF6N6. The van der Waals surface area contributed by atoms with E-state index < -0.39 is 36.3 Å². The largest absolute Gasteiger partial charge is 0.408 e. The lowest BCUT2D eigenvalue weighted by molar-refractivity contribution is -0.172. The standard InChI is InChI=1S/C16H17ClF6N6/c1-7(15(18,19)20)8(2)24-13-27-12(10-5-4-6-11(17)26-10)28-14(29-13)25-9(3)16(21,22)23/h4-9H,1-3H3,(H2,24,25,27,28,29)/t7-,8?,9+/m0/s1. The van der Waals surface area contributed by atoms with Crippen LogP contribution in [0.4, 0.5) is 38.2 Å². The Morgan fingerprint density at radius 3 is 1.93 bits per heavy atom. The van der Waals surface area contributed by atoms with Gasteiger partial charge in [-0.3, -0.25) is 0 Å². The highest BCUT2D eigenvalue weighted by atomic mass is 35.5. The lowest BCUT2D eigenvalue weighted by Gasteiger charge is -2.24. The first-order chi connectivity index (χ1) is 13.3. The molecule has 0 amide bonds. The third kappa shape index (κ3) is 6.31. The van der Waals surface area contributed by atoms with Gasteiger partial charge in [0.25, 0.3) is 0 Å². The van der Waals surface area contributed by atoms with Crippen LogP contribution in [0.25, 0.3) is 11.5 Å². The number of anilines is 2. The molecule has 2 heterocycles. The fourth-order valence-corrected chi connectivity index (χ4v) is 2.20. The number of pyridine rings is 1. The lowest BCUT2D eigenvalue weighted by atomic mass is 10.0. The predicted molar refractivity (Wildman–Crippen MR) is 95.5 cm³/mol. The molecule has 0 fully saturated rings. The molecule has 0 aliphatic heterocycles. The van der Waals surface area contributed by atoms with E-state index >= 15 is 0 Å². The van der Waals surface area contributed by atoms with Gasteiger partial charge in [-0.05, 0) is 26.0 Å². The van der Waals surface area contributed by atoms with Crippen molar-refractivity contribution in [1.82, 2.24) is 19.9 Å². The summed E-state index contributed by atoms with van der Waals surface area (Å²) < 4.78 is 77.3. The number of alkyl halides is 6. The van der Waals surface area contributed by atoms with Crippen LogP contribution in [0.15, 0.2) is 18.2 Å². The van der Waals surface area contributed by atoms with Crippen molar-refractivity contribution in [2.75, 3.05) is 10.6 Å². The first-order valence-corrected chi connectivity index (χ1v) is 8.70. The van der Waals surface area contributed by atoms with Gasteiger partial charge in [0, 0.05) is 6.04 Å². The monoisotopic (exact) mass is 442 g/mol. The third-order valence-electron chi connectivity index (χ3n) is 4.04. The van der Waals surface area contributed by atoms with E-state index in [2.05, 4.69) is 30.6 Å². The molecule has 2 N–H and O–H groups in total. The van der Waals surface area contributed by atoms with E-state index in [1.807, 2.05) is 0 Å². The zero-order valence-corrected chi connectivity index (χ0v) is 16.2. The van der Waals surface area contributed by atoms with Crippen LogP contribution < -0.4 is 10.6 Å². The summed E-state index contributed by atoms with van der Waals surface area (Å²) in [7, 11) is 0. The summed E-state index contributed by atoms with van der Waals surface area (Å²) >= 11 is 5.81. The van der Waals surface area contributed by atoms with Crippen LogP contribution in [-0.2, 0) is 0 Å². The van der Waals surface area contributed by atoms with Crippen molar-refractivity contribution < 1.29 is 26.3 Å². The van der Waals surface area contributed by atoms with Crippen molar-refractivity contribution in [2.45, 2.75) is 45.2 Å². The van der Waals surface area contributed by atoms with Crippen molar-refractivity contribution >= 4 is 23.5 Å². The van der Waals surface area contributed by atoms with Crippen LogP contribution in [0.5, 0.6) is 0 Å². The molecule has 0 aliphatic carbocycles. The Morgan fingerprint density at radius 2 is 1.41 bits per heavy atom. The maximum Gasteiger partial charge on any atom is 0.408 e. The van der Waals surface area contributed by atoms with E-state index in [1.54, 1.807) is 0 Å². The molecule has 2 aromatic heterocycles. The first-order valence-electron chi connectivity index (χ1n) is 8.33. The minimum atomic E-state index is -4.59. The molecular weight excluding hydrogens is 426 g/mol. The maximum atomic E-state index is 12.9. The number of rotatable bonds is 6. The number of nitrogens with zero attached hydrogens (tertiary/aromatic N) is 4. The van der Waals surface area contributed by atoms with Crippen molar-refractivity contribution in [3.05, 3.63) is 23.4 Å². The molecule has 0 aliphatic rings. The quantitative estimate of drug-likeness (QED) is 0.487. The summed E-state index contributed by atoms with van der Waals surface area (Å²) in [4.78, 5) is 15.6. The van der Waals surface area contributed by atoms with E-state index in [0.29, 0.717) is 0 Å². The number of hydrogen-bond acceptors (Lipinski definition) is 6. The second-order valence-corrected chi connectivity index (χ2v) is 6.71. The van der Waals surface area contributed by atoms with E-state index in [1.165, 1.54) is 25.1 Å². The smallest absolute Gasteiger partial charge is 0.351 e. The van der Waals surface area contributed by atoms with E-state index in [-0.39, 0.29) is 22.6 Å². The molecule has 0 bridgehead atoms. The summed E-state index contributed by atoms with van der Waals surface area (Å²) in [6.45, 7) is 3.07. The average molecular weight is 443 g/mol. The van der Waals surface area contributed by atoms with Gasteiger partial charge in [-0.25, -0.2) is 4.98 Å². The van der Waals surface area contributed by atoms with Crippen molar-refractivity contribution in [2.24, 2.45) is 5.92 Å². The molecule has 0 aromatic carbocycles. The minimum Gasteiger partial charge on any atom is -0.351 e. The van der Waals surface area contributed by atoms with Crippen LogP contribution in [0, 0.1) is 5.92 Å². The fraction of sp³-hybridized carbons (Fsp3) is 0.500. The Hall–Kier alpha value is -2.37. The third-order valence-corrected chi connectivity index (χ3v) is 4.25. The topological polar surface area (TPSA) is 75.6 Å². The van der Waals surface area contributed by atoms with Gasteiger partial charge in [-0.2, -0.15) is 41.3 Å². The van der Waals surface area contributed by atoms with Crippen LogP contribution >= 0.6 is 11.6 Å². The lowest BCUT2D eigenvalue weighted by Crippen LogP contribution is -2.36. The Kier molecular flexibility index (Phi) is 6.76. The molecule has 13 heteroatoms. The first kappa shape index (κ1) is 22.9. The molecule has 0 saturated carbocycles. The van der Waals surface area contributed by atoms with Gasteiger partial charge in [-0.1, -0.05) is 24.6 Å². The highest BCUT2D eigenvalue weighted by molar-refractivity contribution is 6.29. The van der Waals surface area contributed by atoms with E-state index in [4.69, 9.17) is 11.6 Å². The molecule has 0 radical (unpaired) electrons. The highest BCUT2D eigenvalue weighted by Gasteiger charge is 2.40. The summed E-state index contributed by atoms with van der Waals surface area (Å²) in [5, 5.41) is 4.61. The predicted octanol–water partition coefficient (Wildman–Crippen LogP) is 4.95. The Balaban J connectivity index is 2.41. The zero-order chi connectivity index (χ0) is 22.0. The molecule has 6 nitrogen and oxygen atoms in total. The second-order valence-electron chi connectivity index (χ2n) is 6.32. The summed E-state index contributed by atoms with van der Waals surface area (Å²) in [6, 6.07) is 1.25. The Bertz CT molecular complexity index is 843. The minimum absolute atomic E-state index is 0.0784. The Morgan fingerprint density at radius 1 is 0.828 bits per heavy atom. The van der Waals surface area contributed by atoms with E-state index in [9.17, 15) is 26.3 Å². The molecule has 160 valence electrons. The molecule has 0 spiro atoms. The normalized spacial score (nSPS) is 15.5. The number of hydrogen-bond donors (Lipinski definition) is 2. The van der Waals surface area contributed by atoms with Gasteiger partial charge in [0.15, 0.2) is 5.82 Å². The van der Waals surface area contributed by atoms with Gasteiger partial charge in [-0.15, -0.1) is 0 Å². The molecule has 0 saturated heterocycles. The van der Waals surface area contributed by atoms with Gasteiger partial charge in [0.05, 0.1) is 5.92 Å². The van der Waals surface area contributed by atoms with Crippen LogP contribution in [0.2, 0.25) is 5.15 Å². The maximum absolute atomic E-state index is 12.9. The molecule has 1 unspecified atom stereocenters. The molecule has 2 rings (SSSR count). The Labute approximate surface area is 167 Å². The number of aromatic nitrogens is 4. The summed E-state index contributed by atoms with van der Waals surface area (Å²) in [5.74, 6) is -2.74. The van der Waals surface area contributed by atoms with Crippen LogP contribution in [-0.4, -0.2) is 44.4 Å². The van der Waals surface area contributed by atoms with Gasteiger partial charge >= 0.3 is 12.4 Å². The van der Waals surface area contributed by atoms with Crippen molar-refractivity contribution in [3.63, 3.8) is 0 Å². The number of halogens is 7. The summed E-state index contributed by atoms with van der Waals surface area (Å²) in [5.41, 5.74) is 0.113. The summed E-state index contributed by atoms with van der Waals surface area (Å²) in [6.07, 6.45) is -9.07. The number of nitrogens with one attached hydrogen (secondary N) is 2. The van der Waals surface area contributed by atoms with Gasteiger partial charge in [0.1, 0.15) is 16.9 Å². The molecule has 3 atom stereocenters. The van der Waals surface area contributed by atoms with Gasteiger partial charge in [0.2, 0.25) is 11.9 Å². The average Bonchev–Trinajstić information content (AvgIpc) is 2.59. The fourth-order valence-electron chi connectivity index (χ4n) is 2.04. The zero-order valence-electron chi connectivity index (χ0n) is 15.4. The van der Waals surface area contributed by atoms with Crippen molar-refractivity contribution in [1.29, 1.82) is 0 Å². The molecule has 29 heavy (non-hydrogen) atoms. The molecule has 2 aromatic rings. The van der Waals surface area contributed by atoms with Crippen LogP contribution in [0.1, 0.15) is 20.8 Å². The highest BCUT2D eigenvalue weighted by Crippen LogP contribution is 2.30. The van der Waals surface area contributed by atoms with Crippen molar-refractivity contribution in [3.8, 4) is 11.5 Å². The van der Waals surface area contributed by atoms with Gasteiger partial charge < -0.3 is 10.6 Å². The SMILES string of the molecule is CC(Nc1nc(N[C@H](C)C(F)(F)F)nc(-c2cccc(Cl)n2)n1)[C@H](C)C(F)(F)F.